The first-order chi connectivity index (χ1) is 33.1. The van der Waals surface area contributed by atoms with Gasteiger partial charge in [0.25, 0.3) is 0 Å². The SMILES string of the molecule is CCCCCCCCCCCCCCCCCCCCCCCCCCCCC(=O)O[C@H](COCCCCCCCCCCCCCCCCCCCCCC)COP(=O)(O)OCC[N+](C)(C)C. The van der Waals surface area contributed by atoms with Gasteiger partial charge in [-0.25, -0.2) is 4.57 Å². The van der Waals surface area contributed by atoms with Crippen LogP contribution >= 0.6 is 7.82 Å². The molecular weight excluding hydrogens is 866 g/mol. The van der Waals surface area contributed by atoms with E-state index in [-0.39, 0.29) is 25.8 Å². The topological polar surface area (TPSA) is 91.3 Å². The molecule has 0 radical (unpaired) electrons. The number of phosphoric ester groups is 1. The zero-order valence-corrected chi connectivity index (χ0v) is 47.5. The molecule has 0 saturated heterocycles. The number of likely N-dealkylation sites (N-methyl/N-ethyl adjacent to an activating group) is 1. The smallest absolute Gasteiger partial charge is 0.457 e. The van der Waals surface area contributed by atoms with Crippen LogP contribution in [-0.2, 0) is 27.9 Å². The van der Waals surface area contributed by atoms with Crippen LogP contribution in [0.25, 0.3) is 0 Å². The molecule has 8 nitrogen and oxygen atoms in total. The molecular formula is C59H121NO7P+. The number of ether oxygens (including phenoxy) is 2. The Bertz CT molecular complexity index is 1050. The number of nitrogens with zero attached hydrogens (tertiary/aromatic N) is 1. The predicted octanol–water partition coefficient (Wildman–Crippen LogP) is 19.1. The summed E-state index contributed by atoms with van der Waals surface area (Å²) < 4.78 is 35.3. The fourth-order valence-corrected chi connectivity index (χ4v) is 10.0. The lowest BCUT2D eigenvalue weighted by Crippen LogP contribution is -2.37. The quantitative estimate of drug-likeness (QED) is 0.0281. The van der Waals surface area contributed by atoms with Gasteiger partial charge in [0.15, 0.2) is 0 Å². The molecule has 0 aromatic carbocycles. The molecule has 0 fully saturated rings. The number of rotatable bonds is 58. The molecule has 2 atom stereocenters. The number of quaternary nitrogens is 1. The van der Waals surface area contributed by atoms with Crippen molar-refractivity contribution >= 4 is 13.8 Å². The number of hydrogen-bond acceptors (Lipinski definition) is 6. The standard InChI is InChI=1S/C59H120NO7P/c1-6-8-10-12-14-16-18-20-22-24-26-28-29-30-31-32-33-34-36-38-40-42-44-46-48-50-52-59(61)67-58(57-66-68(62,63)65-55-53-60(3,4)5)56-64-54-51-49-47-45-43-41-39-37-35-27-25-23-21-19-17-15-13-11-9-7-2/h58H,6-57H2,1-5H3/p+1/t58-/m1/s1. The Morgan fingerprint density at radius 1 is 0.397 bits per heavy atom. The van der Waals surface area contributed by atoms with Gasteiger partial charge < -0.3 is 18.9 Å². The molecule has 0 saturated carbocycles. The normalized spacial score (nSPS) is 13.3. The molecule has 408 valence electrons. The van der Waals surface area contributed by atoms with Gasteiger partial charge >= 0.3 is 13.8 Å². The van der Waals surface area contributed by atoms with E-state index in [4.69, 9.17) is 18.5 Å². The van der Waals surface area contributed by atoms with Crippen LogP contribution in [0, 0.1) is 0 Å². The highest BCUT2D eigenvalue weighted by Crippen LogP contribution is 2.43. The Kier molecular flexibility index (Phi) is 52.4. The summed E-state index contributed by atoms with van der Waals surface area (Å²) in [6.07, 6.45) is 61.8. The third kappa shape index (κ3) is 56.4. The molecule has 0 rings (SSSR count). The van der Waals surface area contributed by atoms with Crippen molar-refractivity contribution in [2.24, 2.45) is 0 Å². The number of esters is 1. The number of carbonyl (C=O) groups is 1. The molecule has 0 heterocycles. The number of hydrogen-bond donors (Lipinski definition) is 1. The van der Waals surface area contributed by atoms with Gasteiger partial charge in [-0.2, -0.15) is 0 Å². The molecule has 1 unspecified atom stereocenters. The van der Waals surface area contributed by atoms with E-state index in [1.54, 1.807) is 0 Å². The van der Waals surface area contributed by atoms with Crippen molar-refractivity contribution in [3.63, 3.8) is 0 Å². The molecule has 0 bridgehead atoms. The van der Waals surface area contributed by atoms with E-state index < -0.39 is 13.9 Å². The predicted molar refractivity (Wildman–Crippen MR) is 294 cm³/mol. The monoisotopic (exact) mass is 987 g/mol. The van der Waals surface area contributed by atoms with Crippen LogP contribution in [0.5, 0.6) is 0 Å². The van der Waals surface area contributed by atoms with Crippen LogP contribution < -0.4 is 0 Å². The van der Waals surface area contributed by atoms with Gasteiger partial charge in [0.1, 0.15) is 19.3 Å². The van der Waals surface area contributed by atoms with Gasteiger partial charge in [0.05, 0.1) is 34.4 Å². The Balaban J connectivity index is 3.97. The average molecular weight is 988 g/mol. The van der Waals surface area contributed by atoms with Crippen molar-refractivity contribution in [1.82, 2.24) is 0 Å². The lowest BCUT2D eigenvalue weighted by atomic mass is 10.0. The molecule has 0 amide bonds. The van der Waals surface area contributed by atoms with Crippen LogP contribution in [0.4, 0.5) is 0 Å². The maximum atomic E-state index is 12.8. The highest BCUT2D eigenvalue weighted by molar-refractivity contribution is 7.47. The van der Waals surface area contributed by atoms with E-state index >= 15 is 0 Å². The number of unbranched alkanes of at least 4 members (excludes halogenated alkanes) is 44. The van der Waals surface area contributed by atoms with Gasteiger partial charge in [-0.1, -0.05) is 296 Å². The van der Waals surface area contributed by atoms with Crippen molar-refractivity contribution in [3.05, 3.63) is 0 Å². The van der Waals surface area contributed by atoms with Crippen molar-refractivity contribution in [2.45, 2.75) is 322 Å². The molecule has 0 aliphatic carbocycles. The maximum Gasteiger partial charge on any atom is 0.472 e. The second kappa shape index (κ2) is 52.8. The first-order valence-electron chi connectivity index (χ1n) is 30.3. The second-order valence-electron chi connectivity index (χ2n) is 22.1. The fraction of sp³-hybridized carbons (Fsp3) is 0.983. The summed E-state index contributed by atoms with van der Waals surface area (Å²) in [5.74, 6) is -0.302. The van der Waals surface area contributed by atoms with Crippen molar-refractivity contribution in [3.8, 4) is 0 Å². The molecule has 0 aromatic heterocycles. The van der Waals surface area contributed by atoms with E-state index in [0.717, 1.165) is 32.1 Å². The second-order valence-corrected chi connectivity index (χ2v) is 23.6. The molecule has 1 N–H and O–H groups in total. The summed E-state index contributed by atoms with van der Waals surface area (Å²) in [7, 11) is 1.70. The minimum Gasteiger partial charge on any atom is -0.457 e. The van der Waals surface area contributed by atoms with E-state index in [1.807, 2.05) is 21.1 Å². The zero-order chi connectivity index (χ0) is 49.8. The molecule has 9 heteroatoms. The average Bonchev–Trinajstić information content (AvgIpc) is 3.30. The van der Waals surface area contributed by atoms with Gasteiger partial charge in [0, 0.05) is 13.0 Å². The van der Waals surface area contributed by atoms with Crippen molar-refractivity contribution in [1.29, 1.82) is 0 Å². The number of carbonyl (C=O) groups excluding carboxylic acids is 1. The molecule has 0 aliphatic heterocycles. The van der Waals surface area contributed by atoms with E-state index in [9.17, 15) is 14.3 Å². The lowest BCUT2D eigenvalue weighted by molar-refractivity contribution is -0.870. The minimum atomic E-state index is -4.28. The van der Waals surface area contributed by atoms with Crippen LogP contribution in [0.1, 0.15) is 316 Å². The Labute approximate surface area is 425 Å². The first-order valence-corrected chi connectivity index (χ1v) is 31.8. The number of phosphoric acid groups is 1. The van der Waals surface area contributed by atoms with E-state index in [1.165, 1.54) is 263 Å². The highest BCUT2D eigenvalue weighted by atomic mass is 31.2. The largest absolute Gasteiger partial charge is 0.472 e. The van der Waals surface area contributed by atoms with Crippen LogP contribution in [-0.4, -0.2) is 75.6 Å². The zero-order valence-electron chi connectivity index (χ0n) is 46.6. The summed E-state index contributed by atoms with van der Waals surface area (Å²) in [5, 5.41) is 0. The van der Waals surface area contributed by atoms with Crippen molar-refractivity contribution in [2.75, 3.05) is 54.1 Å². The van der Waals surface area contributed by atoms with Crippen LogP contribution in [0.15, 0.2) is 0 Å². The maximum absolute atomic E-state index is 12.8. The molecule has 0 aromatic rings. The van der Waals surface area contributed by atoms with E-state index in [2.05, 4.69) is 13.8 Å². The van der Waals surface area contributed by atoms with Crippen molar-refractivity contribution < 1.29 is 37.3 Å². The van der Waals surface area contributed by atoms with Crippen LogP contribution in [0.3, 0.4) is 0 Å². The molecule has 0 aliphatic rings. The lowest BCUT2D eigenvalue weighted by Gasteiger charge is -2.24. The van der Waals surface area contributed by atoms with Crippen LogP contribution in [0.2, 0.25) is 0 Å². The summed E-state index contributed by atoms with van der Waals surface area (Å²) in [6, 6.07) is 0. The molecule has 0 spiro atoms. The Hall–Kier alpha value is -0.500. The third-order valence-corrected chi connectivity index (χ3v) is 14.9. The summed E-state index contributed by atoms with van der Waals surface area (Å²) in [4.78, 5) is 23.1. The third-order valence-electron chi connectivity index (χ3n) is 13.9. The Morgan fingerprint density at radius 2 is 0.676 bits per heavy atom. The molecule has 68 heavy (non-hydrogen) atoms. The summed E-state index contributed by atoms with van der Waals surface area (Å²) in [5.41, 5.74) is 0. The van der Waals surface area contributed by atoms with E-state index in [0.29, 0.717) is 24.1 Å². The summed E-state index contributed by atoms with van der Waals surface area (Å²) >= 11 is 0. The minimum absolute atomic E-state index is 0.0945. The highest BCUT2D eigenvalue weighted by Gasteiger charge is 2.26. The van der Waals surface area contributed by atoms with Gasteiger partial charge in [0.2, 0.25) is 0 Å². The van der Waals surface area contributed by atoms with Gasteiger partial charge in [-0.05, 0) is 12.8 Å². The van der Waals surface area contributed by atoms with Gasteiger partial charge in [-0.3, -0.25) is 13.8 Å². The first kappa shape index (κ1) is 67.5. The van der Waals surface area contributed by atoms with Gasteiger partial charge in [-0.15, -0.1) is 0 Å². The Morgan fingerprint density at radius 3 is 0.971 bits per heavy atom. The summed E-state index contributed by atoms with van der Waals surface area (Å²) in [6.45, 7) is 5.73. The fourth-order valence-electron chi connectivity index (χ4n) is 9.26.